The van der Waals surface area contributed by atoms with Gasteiger partial charge in [-0.3, -0.25) is 9.48 Å². The Morgan fingerprint density at radius 2 is 2.05 bits per heavy atom. The number of hydrogen-bond donors (Lipinski definition) is 2. The van der Waals surface area contributed by atoms with Crippen LogP contribution in [0.25, 0.3) is 6.08 Å². The van der Waals surface area contributed by atoms with Gasteiger partial charge in [0.25, 0.3) is 0 Å². The second-order valence-corrected chi connectivity index (χ2v) is 4.36. The Hall–Kier alpha value is -2.89. The smallest absolute Gasteiger partial charge is 0.328 e. The monoisotopic (exact) mass is 285 g/mol. The van der Waals surface area contributed by atoms with Gasteiger partial charge in [-0.05, 0) is 29.8 Å². The molecule has 0 aliphatic heterocycles. The van der Waals surface area contributed by atoms with E-state index >= 15 is 0 Å². The van der Waals surface area contributed by atoms with Gasteiger partial charge in [0.05, 0.1) is 0 Å². The molecule has 6 nitrogen and oxygen atoms in total. The highest BCUT2D eigenvalue weighted by Gasteiger charge is 2.03. The lowest BCUT2D eigenvalue weighted by Gasteiger charge is -2.05. The summed E-state index contributed by atoms with van der Waals surface area (Å²) < 4.78 is 1.69. The molecule has 1 amide bonds. The molecule has 1 heterocycles. The summed E-state index contributed by atoms with van der Waals surface area (Å²) in [5, 5.41) is 15.3. The average Bonchev–Trinajstić information content (AvgIpc) is 2.98. The summed E-state index contributed by atoms with van der Waals surface area (Å²) in [5.74, 6) is -1.09. The predicted octanol–water partition coefficient (Wildman–Crippen LogP) is 2.01. The summed E-state index contributed by atoms with van der Waals surface area (Å²) in [7, 11) is 0. The fourth-order valence-corrected chi connectivity index (χ4v) is 1.72. The fraction of sp³-hybridized carbons (Fsp3) is 0.133. The molecule has 0 saturated heterocycles. The zero-order valence-corrected chi connectivity index (χ0v) is 11.3. The topological polar surface area (TPSA) is 84.2 Å². The number of hydrogen-bond acceptors (Lipinski definition) is 3. The van der Waals surface area contributed by atoms with Gasteiger partial charge in [0.1, 0.15) is 0 Å². The summed E-state index contributed by atoms with van der Waals surface area (Å²) in [6.45, 7) is 0.526. The molecule has 0 fully saturated rings. The standard InChI is InChI=1S/C15H15N3O3/c19-14(8-11-18-10-1-9-16-18)17-13-5-2-12(3-6-13)4-7-15(20)21/h1-7,9-10H,8,11H2,(H,17,19)(H,20,21). The number of benzene rings is 1. The van der Waals surface area contributed by atoms with E-state index in [0.717, 1.165) is 11.6 Å². The SMILES string of the molecule is O=C(O)C=Cc1ccc(NC(=O)CCn2cccn2)cc1. The molecule has 2 rings (SSSR count). The number of nitrogens with one attached hydrogen (secondary N) is 1. The van der Waals surface area contributed by atoms with Crippen LogP contribution in [0.5, 0.6) is 0 Å². The zero-order valence-electron chi connectivity index (χ0n) is 11.3. The quantitative estimate of drug-likeness (QED) is 0.795. The van der Waals surface area contributed by atoms with E-state index < -0.39 is 5.97 Å². The van der Waals surface area contributed by atoms with Crippen molar-refractivity contribution in [2.24, 2.45) is 0 Å². The minimum atomic E-state index is -0.994. The first-order chi connectivity index (χ1) is 10.1. The van der Waals surface area contributed by atoms with Gasteiger partial charge in [-0.15, -0.1) is 0 Å². The van der Waals surface area contributed by atoms with Crippen LogP contribution < -0.4 is 5.32 Å². The Kier molecular flexibility index (Phi) is 4.87. The largest absolute Gasteiger partial charge is 0.478 e. The molecule has 0 unspecified atom stereocenters. The van der Waals surface area contributed by atoms with Crippen LogP contribution in [0.1, 0.15) is 12.0 Å². The summed E-state index contributed by atoms with van der Waals surface area (Å²) in [6.07, 6.45) is 6.36. The maximum atomic E-state index is 11.8. The van der Waals surface area contributed by atoms with Crippen molar-refractivity contribution in [3.05, 3.63) is 54.4 Å². The molecule has 0 aliphatic rings. The Morgan fingerprint density at radius 3 is 2.67 bits per heavy atom. The number of aromatic nitrogens is 2. The third-order valence-corrected chi connectivity index (χ3v) is 2.74. The van der Waals surface area contributed by atoms with E-state index in [9.17, 15) is 9.59 Å². The Bertz CT molecular complexity index is 631. The van der Waals surface area contributed by atoms with Gasteiger partial charge in [-0.25, -0.2) is 4.79 Å². The number of amides is 1. The number of anilines is 1. The van der Waals surface area contributed by atoms with Crippen LogP contribution in [0.3, 0.4) is 0 Å². The van der Waals surface area contributed by atoms with E-state index in [1.807, 2.05) is 0 Å². The second kappa shape index (κ2) is 7.04. The van der Waals surface area contributed by atoms with Crippen molar-refractivity contribution in [3.63, 3.8) is 0 Å². The molecule has 1 aromatic carbocycles. The Labute approximate surface area is 121 Å². The minimum Gasteiger partial charge on any atom is -0.478 e. The second-order valence-electron chi connectivity index (χ2n) is 4.36. The molecule has 6 heteroatoms. The van der Waals surface area contributed by atoms with Crippen LogP contribution in [0.15, 0.2) is 48.8 Å². The lowest BCUT2D eigenvalue weighted by molar-refractivity contribution is -0.131. The summed E-state index contributed by atoms with van der Waals surface area (Å²) in [6, 6.07) is 8.74. The van der Waals surface area contributed by atoms with Gasteiger partial charge in [0.2, 0.25) is 5.91 Å². The maximum absolute atomic E-state index is 11.8. The highest BCUT2D eigenvalue weighted by atomic mass is 16.4. The van der Waals surface area contributed by atoms with Crippen molar-refractivity contribution in [1.82, 2.24) is 9.78 Å². The van der Waals surface area contributed by atoms with Crippen LogP contribution in [0, 0.1) is 0 Å². The van der Waals surface area contributed by atoms with Crippen molar-refractivity contribution >= 4 is 23.6 Å². The number of aryl methyl sites for hydroxylation is 1. The normalized spacial score (nSPS) is 10.7. The van der Waals surface area contributed by atoms with Crippen LogP contribution >= 0.6 is 0 Å². The van der Waals surface area contributed by atoms with Gasteiger partial charge < -0.3 is 10.4 Å². The van der Waals surface area contributed by atoms with E-state index in [-0.39, 0.29) is 5.91 Å². The third-order valence-electron chi connectivity index (χ3n) is 2.74. The van der Waals surface area contributed by atoms with Gasteiger partial charge >= 0.3 is 5.97 Å². The number of carboxylic acid groups (broad SMARTS) is 1. The molecule has 0 bridgehead atoms. The van der Waals surface area contributed by atoms with E-state index in [1.54, 1.807) is 47.4 Å². The first-order valence-corrected chi connectivity index (χ1v) is 6.42. The van der Waals surface area contributed by atoms with Gasteiger partial charge in [-0.1, -0.05) is 12.1 Å². The lowest BCUT2D eigenvalue weighted by Crippen LogP contribution is -2.14. The maximum Gasteiger partial charge on any atom is 0.328 e. The molecule has 2 N–H and O–H groups in total. The highest BCUT2D eigenvalue weighted by molar-refractivity contribution is 5.91. The first kappa shape index (κ1) is 14.5. The molecule has 0 aliphatic carbocycles. The van der Waals surface area contributed by atoms with Crippen molar-refractivity contribution in [1.29, 1.82) is 0 Å². The number of aliphatic carboxylic acids is 1. The van der Waals surface area contributed by atoms with E-state index in [0.29, 0.717) is 18.7 Å². The Balaban J connectivity index is 1.85. The van der Waals surface area contributed by atoms with E-state index in [2.05, 4.69) is 10.4 Å². The summed E-state index contributed by atoms with van der Waals surface area (Å²) in [4.78, 5) is 22.2. The number of carbonyl (C=O) groups is 2. The van der Waals surface area contributed by atoms with Gasteiger partial charge in [0, 0.05) is 37.1 Å². The van der Waals surface area contributed by atoms with Crippen LogP contribution in [0.4, 0.5) is 5.69 Å². The molecule has 0 atom stereocenters. The first-order valence-electron chi connectivity index (χ1n) is 6.42. The predicted molar refractivity (Wildman–Crippen MR) is 78.6 cm³/mol. The zero-order chi connectivity index (χ0) is 15.1. The molecule has 1 aromatic heterocycles. The summed E-state index contributed by atoms with van der Waals surface area (Å²) >= 11 is 0. The van der Waals surface area contributed by atoms with Crippen LogP contribution in [-0.2, 0) is 16.1 Å². The van der Waals surface area contributed by atoms with Crippen molar-refractivity contribution in [2.75, 3.05) is 5.32 Å². The van der Waals surface area contributed by atoms with Crippen molar-refractivity contribution < 1.29 is 14.7 Å². The Morgan fingerprint density at radius 1 is 1.29 bits per heavy atom. The summed E-state index contributed by atoms with van der Waals surface area (Å²) in [5.41, 5.74) is 1.43. The fourth-order valence-electron chi connectivity index (χ4n) is 1.72. The molecule has 0 radical (unpaired) electrons. The third kappa shape index (κ3) is 4.94. The van der Waals surface area contributed by atoms with Crippen LogP contribution in [-0.4, -0.2) is 26.8 Å². The molecular weight excluding hydrogens is 270 g/mol. The van der Waals surface area contributed by atoms with Crippen LogP contribution in [0.2, 0.25) is 0 Å². The number of rotatable bonds is 6. The molecule has 0 spiro atoms. The van der Waals surface area contributed by atoms with E-state index in [1.165, 1.54) is 6.08 Å². The molecular formula is C15H15N3O3. The molecule has 108 valence electrons. The minimum absolute atomic E-state index is 0.0978. The lowest BCUT2D eigenvalue weighted by atomic mass is 10.2. The molecule has 21 heavy (non-hydrogen) atoms. The highest BCUT2D eigenvalue weighted by Crippen LogP contribution is 2.11. The molecule has 2 aromatic rings. The molecule has 0 saturated carbocycles. The van der Waals surface area contributed by atoms with E-state index in [4.69, 9.17) is 5.11 Å². The number of nitrogens with zero attached hydrogens (tertiary/aromatic N) is 2. The van der Waals surface area contributed by atoms with Gasteiger partial charge in [-0.2, -0.15) is 5.10 Å². The van der Waals surface area contributed by atoms with Crippen molar-refractivity contribution in [3.8, 4) is 0 Å². The number of carbonyl (C=O) groups excluding carboxylic acids is 1. The number of carboxylic acids is 1. The van der Waals surface area contributed by atoms with Crippen molar-refractivity contribution in [2.45, 2.75) is 13.0 Å². The average molecular weight is 285 g/mol. The van der Waals surface area contributed by atoms with Gasteiger partial charge in [0.15, 0.2) is 0 Å².